The van der Waals surface area contributed by atoms with Crippen molar-refractivity contribution in [3.05, 3.63) is 12.7 Å². The summed E-state index contributed by atoms with van der Waals surface area (Å²) in [6, 6.07) is -0.246. The predicted octanol–water partition coefficient (Wildman–Crippen LogP) is -0.845. The maximum Gasteiger partial charge on any atom is 0.239 e. The van der Waals surface area contributed by atoms with Gasteiger partial charge in [0.25, 0.3) is 0 Å². The molecule has 15 heavy (non-hydrogen) atoms. The highest BCUT2D eigenvalue weighted by Gasteiger charge is 2.24. The van der Waals surface area contributed by atoms with Crippen molar-refractivity contribution in [1.82, 2.24) is 16.0 Å². The van der Waals surface area contributed by atoms with Crippen LogP contribution >= 0.6 is 0 Å². The molecule has 2 unspecified atom stereocenters. The Kier molecular flexibility index (Phi) is 4.30. The highest BCUT2D eigenvalue weighted by molar-refractivity contribution is 5.86. The lowest BCUT2D eigenvalue weighted by molar-refractivity contribution is -0.126. The number of carbonyl (C=O) groups excluding carboxylic acids is 2. The molecule has 5 nitrogen and oxygen atoms in total. The Labute approximate surface area is 89.3 Å². The fraction of sp³-hybridized carbons (Fsp3) is 0.600. The molecule has 0 bridgehead atoms. The summed E-state index contributed by atoms with van der Waals surface area (Å²) < 4.78 is 0. The number of rotatable bonds is 4. The third-order valence-electron chi connectivity index (χ3n) is 2.24. The molecule has 2 atom stereocenters. The van der Waals surface area contributed by atoms with Crippen molar-refractivity contribution in [2.24, 2.45) is 0 Å². The Hall–Kier alpha value is -1.36. The van der Waals surface area contributed by atoms with E-state index in [0.29, 0.717) is 6.54 Å². The first-order valence-corrected chi connectivity index (χ1v) is 5.05. The molecule has 1 aliphatic rings. The van der Waals surface area contributed by atoms with Crippen LogP contribution in [0.25, 0.3) is 0 Å². The molecule has 0 aromatic heterocycles. The van der Waals surface area contributed by atoms with Crippen LogP contribution in [0.3, 0.4) is 0 Å². The van der Waals surface area contributed by atoms with Gasteiger partial charge < -0.3 is 10.6 Å². The van der Waals surface area contributed by atoms with Crippen molar-refractivity contribution in [3.63, 3.8) is 0 Å². The second kappa shape index (κ2) is 5.50. The first kappa shape index (κ1) is 11.7. The molecule has 0 radical (unpaired) electrons. The van der Waals surface area contributed by atoms with Crippen molar-refractivity contribution in [3.8, 4) is 0 Å². The molecule has 1 heterocycles. The molecule has 0 aromatic rings. The standard InChI is InChI=1S/C10H17N3O2/c1-3-4-7(2)13-10(15)8-5-12-9(14)6-11-8/h3,7-8,11H,1,4-6H2,2H3,(H,12,14)(H,13,15). The number of piperazine rings is 1. The number of carbonyl (C=O) groups is 2. The fourth-order valence-electron chi connectivity index (χ4n) is 1.40. The van der Waals surface area contributed by atoms with Crippen LogP contribution in [0.5, 0.6) is 0 Å². The first-order valence-electron chi connectivity index (χ1n) is 5.05. The molecule has 2 amide bonds. The largest absolute Gasteiger partial charge is 0.353 e. The molecule has 1 saturated heterocycles. The average Bonchev–Trinajstić information content (AvgIpc) is 2.18. The van der Waals surface area contributed by atoms with Crippen LogP contribution in [0.4, 0.5) is 0 Å². The molecule has 5 heteroatoms. The summed E-state index contributed by atoms with van der Waals surface area (Å²) in [4.78, 5) is 22.5. The minimum atomic E-state index is -0.324. The van der Waals surface area contributed by atoms with E-state index in [-0.39, 0.29) is 30.4 Å². The monoisotopic (exact) mass is 211 g/mol. The Bertz CT molecular complexity index is 255. The molecule has 3 N–H and O–H groups in total. The van der Waals surface area contributed by atoms with E-state index in [4.69, 9.17) is 0 Å². The van der Waals surface area contributed by atoms with Crippen molar-refractivity contribution in [2.45, 2.75) is 25.4 Å². The molecule has 1 aliphatic heterocycles. The van der Waals surface area contributed by atoms with Crippen molar-refractivity contribution in [1.29, 1.82) is 0 Å². The van der Waals surface area contributed by atoms with Crippen LogP contribution in [-0.4, -0.2) is 37.0 Å². The van der Waals surface area contributed by atoms with Gasteiger partial charge in [-0.3, -0.25) is 14.9 Å². The molecular formula is C10H17N3O2. The zero-order valence-electron chi connectivity index (χ0n) is 8.88. The zero-order valence-corrected chi connectivity index (χ0v) is 8.88. The highest BCUT2D eigenvalue weighted by Crippen LogP contribution is 1.94. The second-order valence-corrected chi connectivity index (χ2v) is 3.67. The number of amides is 2. The maximum atomic E-state index is 11.6. The molecule has 0 aromatic carbocycles. The van der Waals surface area contributed by atoms with Gasteiger partial charge in [0, 0.05) is 12.6 Å². The van der Waals surface area contributed by atoms with Gasteiger partial charge in [-0.15, -0.1) is 6.58 Å². The van der Waals surface area contributed by atoms with Gasteiger partial charge in [-0.25, -0.2) is 0 Å². The van der Waals surface area contributed by atoms with Gasteiger partial charge in [0.2, 0.25) is 11.8 Å². The van der Waals surface area contributed by atoms with E-state index in [2.05, 4.69) is 22.5 Å². The van der Waals surface area contributed by atoms with Crippen LogP contribution in [0, 0.1) is 0 Å². The number of hydrogen-bond acceptors (Lipinski definition) is 3. The normalized spacial score (nSPS) is 22.7. The fourth-order valence-corrected chi connectivity index (χ4v) is 1.40. The summed E-state index contributed by atoms with van der Waals surface area (Å²) in [5, 5.41) is 8.34. The molecule has 84 valence electrons. The quantitative estimate of drug-likeness (QED) is 0.531. The van der Waals surface area contributed by atoms with Gasteiger partial charge in [0.05, 0.1) is 6.54 Å². The van der Waals surface area contributed by atoms with E-state index in [1.165, 1.54) is 0 Å². The smallest absolute Gasteiger partial charge is 0.239 e. The Balaban J connectivity index is 2.33. The Morgan fingerprint density at radius 1 is 1.80 bits per heavy atom. The summed E-state index contributed by atoms with van der Waals surface area (Å²) in [7, 11) is 0. The van der Waals surface area contributed by atoms with Gasteiger partial charge in [0.1, 0.15) is 6.04 Å². The molecular weight excluding hydrogens is 194 g/mol. The summed E-state index contributed by atoms with van der Waals surface area (Å²) in [5.41, 5.74) is 0. The van der Waals surface area contributed by atoms with Gasteiger partial charge in [-0.1, -0.05) is 6.08 Å². The third-order valence-corrected chi connectivity index (χ3v) is 2.24. The van der Waals surface area contributed by atoms with E-state index < -0.39 is 0 Å². The molecule has 1 rings (SSSR count). The lowest BCUT2D eigenvalue weighted by Gasteiger charge is -2.24. The molecule has 1 fully saturated rings. The summed E-state index contributed by atoms with van der Waals surface area (Å²) >= 11 is 0. The van der Waals surface area contributed by atoms with Crippen LogP contribution in [0.2, 0.25) is 0 Å². The average molecular weight is 211 g/mol. The topological polar surface area (TPSA) is 70.2 Å². The van der Waals surface area contributed by atoms with Crippen molar-refractivity contribution < 1.29 is 9.59 Å². The lowest BCUT2D eigenvalue weighted by Crippen LogP contribution is -2.58. The molecule has 0 spiro atoms. The van der Waals surface area contributed by atoms with Crippen LogP contribution < -0.4 is 16.0 Å². The number of nitrogens with one attached hydrogen (secondary N) is 3. The zero-order chi connectivity index (χ0) is 11.3. The number of hydrogen-bond donors (Lipinski definition) is 3. The minimum Gasteiger partial charge on any atom is -0.353 e. The van der Waals surface area contributed by atoms with E-state index in [9.17, 15) is 9.59 Å². The van der Waals surface area contributed by atoms with Crippen molar-refractivity contribution >= 4 is 11.8 Å². The molecule has 0 saturated carbocycles. The van der Waals surface area contributed by atoms with Crippen LogP contribution in [0.15, 0.2) is 12.7 Å². The van der Waals surface area contributed by atoms with E-state index >= 15 is 0 Å². The Morgan fingerprint density at radius 3 is 3.07 bits per heavy atom. The van der Waals surface area contributed by atoms with Crippen molar-refractivity contribution in [2.75, 3.05) is 13.1 Å². The maximum absolute atomic E-state index is 11.6. The summed E-state index contributed by atoms with van der Waals surface area (Å²) in [6.45, 7) is 6.08. The van der Waals surface area contributed by atoms with Gasteiger partial charge in [-0.05, 0) is 13.3 Å². The predicted molar refractivity (Wildman–Crippen MR) is 57.2 cm³/mol. The van der Waals surface area contributed by atoms with Crippen LogP contribution in [-0.2, 0) is 9.59 Å². The summed E-state index contributed by atoms with van der Waals surface area (Å²) in [6.07, 6.45) is 2.51. The minimum absolute atomic E-state index is 0.0711. The van der Waals surface area contributed by atoms with Crippen LogP contribution in [0.1, 0.15) is 13.3 Å². The lowest BCUT2D eigenvalue weighted by atomic mass is 10.2. The first-order chi connectivity index (χ1) is 7.13. The van der Waals surface area contributed by atoms with E-state index in [1.54, 1.807) is 6.08 Å². The van der Waals surface area contributed by atoms with Gasteiger partial charge in [-0.2, -0.15) is 0 Å². The van der Waals surface area contributed by atoms with E-state index in [0.717, 1.165) is 6.42 Å². The Morgan fingerprint density at radius 2 is 2.53 bits per heavy atom. The SMILES string of the molecule is C=CCC(C)NC(=O)C1CNC(=O)CN1. The second-order valence-electron chi connectivity index (χ2n) is 3.67. The van der Waals surface area contributed by atoms with Gasteiger partial charge >= 0.3 is 0 Å². The molecule has 0 aliphatic carbocycles. The highest BCUT2D eigenvalue weighted by atomic mass is 16.2. The van der Waals surface area contributed by atoms with E-state index in [1.807, 2.05) is 6.92 Å². The third kappa shape index (κ3) is 3.71. The van der Waals surface area contributed by atoms with Gasteiger partial charge in [0.15, 0.2) is 0 Å². The summed E-state index contributed by atoms with van der Waals surface area (Å²) in [5.74, 6) is -0.150.